The fraction of sp³-hybridized carbons (Fsp3) is 0.857. The Hall–Kier alpha value is -1.26. The SMILES string of the molecule is CCC1CCCN1C(=O)NC1CCCC(C(=O)O)C1. The third kappa shape index (κ3) is 3.39. The van der Waals surface area contributed by atoms with Crippen LogP contribution in [-0.2, 0) is 4.79 Å². The normalized spacial score (nSPS) is 31.2. The summed E-state index contributed by atoms with van der Waals surface area (Å²) in [6.45, 7) is 2.94. The van der Waals surface area contributed by atoms with Gasteiger partial charge in [-0.1, -0.05) is 13.3 Å². The maximum absolute atomic E-state index is 12.2. The van der Waals surface area contributed by atoms with Crippen molar-refractivity contribution in [2.24, 2.45) is 5.92 Å². The summed E-state index contributed by atoms with van der Waals surface area (Å²) in [6.07, 6.45) is 6.27. The molecule has 1 aliphatic heterocycles. The molecule has 1 heterocycles. The monoisotopic (exact) mass is 268 g/mol. The Balaban J connectivity index is 1.86. The summed E-state index contributed by atoms with van der Waals surface area (Å²) in [5, 5.41) is 12.1. The minimum absolute atomic E-state index is 0.000360. The molecule has 2 aliphatic rings. The predicted molar refractivity (Wildman–Crippen MR) is 71.9 cm³/mol. The molecule has 0 spiro atoms. The Morgan fingerprint density at radius 3 is 2.74 bits per heavy atom. The first-order valence-electron chi connectivity index (χ1n) is 7.41. The number of nitrogens with zero attached hydrogens (tertiary/aromatic N) is 1. The zero-order chi connectivity index (χ0) is 13.8. The lowest BCUT2D eigenvalue weighted by Crippen LogP contribution is -2.48. The molecule has 5 heteroatoms. The molecule has 0 aromatic carbocycles. The van der Waals surface area contributed by atoms with Crippen LogP contribution in [0.2, 0.25) is 0 Å². The van der Waals surface area contributed by atoms with Gasteiger partial charge in [0.15, 0.2) is 0 Å². The Morgan fingerprint density at radius 1 is 1.26 bits per heavy atom. The largest absolute Gasteiger partial charge is 0.481 e. The molecule has 2 amide bonds. The number of rotatable bonds is 3. The van der Waals surface area contributed by atoms with Crippen molar-refractivity contribution < 1.29 is 14.7 Å². The third-order valence-corrected chi connectivity index (χ3v) is 4.46. The van der Waals surface area contributed by atoms with Crippen LogP contribution < -0.4 is 5.32 Å². The van der Waals surface area contributed by atoms with Crippen molar-refractivity contribution in [1.29, 1.82) is 0 Å². The summed E-state index contributed by atoms with van der Waals surface area (Å²) in [5.41, 5.74) is 0. The number of carbonyl (C=O) groups is 2. The summed E-state index contributed by atoms with van der Waals surface area (Å²) in [4.78, 5) is 25.2. The maximum Gasteiger partial charge on any atom is 0.317 e. The molecular formula is C14H24N2O3. The highest BCUT2D eigenvalue weighted by Gasteiger charge is 2.31. The number of urea groups is 1. The summed E-state index contributed by atoms with van der Waals surface area (Å²) in [7, 11) is 0. The van der Waals surface area contributed by atoms with Crippen LogP contribution in [0.25, 0.3) is 0 Å². The van der Waals surface area contributed by atoms with Gasteiger partial charge in [0.25, 0.3) is 0 Å². The molecule has 1 saturated carbocycles. The number of nitrogens with one attached hydrogen (secondary N) is 1. The number of likely N-dealkylation sites (tertiary alicyclic amines) is 1. The number of carboxylic acid groups (broad SMARTS) is 1. The van der Waals surface area contributed by atoms with Crippen LogP contribution in [0.5, 0.6) is 0 Å². The van der Waals surface area contributed by atoms with E-state index in [2.05, 4.69) is 12.2 Å². The molecule has 2 rings (SSSR count). The highest BCUT2D eigenvalue weighted by molar-refractivity contribution is 5.75. The van der Waals surface area contributed by atoms with E-state index in [9.17, 15) is 9.59 Å². The molecule has 3 unspecified atom stereocenters. The zero-order valence-corrected chi connectivity index (χ0v) is 11.6. The second-order valence-electron chi connectivity index (χ2n) is 5.75. The minimum atomic E-state index is -0.730. The summed E-state index contributed by atoms with van der Waals surface area (Å²) in [5.74, 6) is -1.02. The van der Waals surface area contributed by atoms with E-state index in [1.165, 1.54) is 0 Å². The van der Waals surface area contributed by atoms with Crippen molar-refractivity contribution >= 4 is 12.0 Å². The van der Waals surface area contributed by atoms with Gasteiger partial charge >= 0.3 is 12.0 Å². The molecule has 108 valence electrons. The molecule has 5 nitrogen and oxygen atoms in total. The zero-order valence-electron chi connectivity index (χ0n) is 11.6. The van der Waals surface area contributed by atoms with Crippen molar-refractivity contribution in [3.05, 3.63) is 0 Å². The number of aliphatic carboxylic acids is 1. The first-order valence-corrected chi connectivity index (χ1v) is 7.41. The lowest BCUT2D eigenvalue weighted by molar-refractivity contribution is -0.143. The van der Waals surface area contributed by atoms with E-state index in [4.69, 9.17) is 5.11 Å². The van der Waals surface area contributed by atoms with Gasteiger partial charge in [-0.15, -0.1) is 0 Å². The summed E-state index contributed by atoms with van der Waals surface area (Å²) >= 11 is 0. The van der Waals surface area contributed by atoms with E-state index in [0.717, 1.165) is 45.1 Å². The van der Waals surface area contributed by atoms with E-state index in [1.54, 1.807) is 0 Å². The van der Waals surface area contributed by atoms with Crippen molar-refractivity contribution in [3.63, 3.8) is 0 Å². The van der Waals surface area contributed by atoms with Crippen molar-refractivity contribution in [1.82, 2.24) is 10.2 Å². The van der Waals surface area contributed by atoms with Crippen LogP contribution in [0.1, 0.15) is 51.9 Å². The quantitative estimate of drug-likeness (QED) is 0.824. The van der Waals surface area contributed by atoms with E-state index < -0.39 is 5.97 Å². The van der Waals surface area contributed by atoms with Gasteiger partial charge in [-0.25, -0.2) is 4.79 Å². The number of hydrogen-bond acceptors (Lipinski definition) is 2. The average molecular weight is 268 g/mol. The third-order valence-electron chi connectivity index (χ3n) is 4.46. The van der Waals surface area contributed by atoms with Crippen LogP contribution in [-0.4, -0.2) is 40.6 Å². The molecular weight excluding hydrogens is 244 g/mol. The Labute approximate surface area is 114 Å². The molecule has 0 aromatic heterocycles. The molecule has 3 atom stereocenters. The van der Waals surface area contributed by atoms with E-state index >= 15 is 0 Å². The second-order valence-corrected chi connectivity index (χ2v) is 5.75. The highest BCUT2D eigenvalue weighted by atomic mass is 16.4. The molecule has 0 bridgehead atoms. The minimum Gasteiger partial charge on any atom is -0.481 e. The van der Waals surface area contributed by atoms with E-state index in [0.29, 0.717) is 12.5 Å². The van der Waals surface area contributed by atoms with Crippen LogP contribution in [0.15, 0.2) is 0 Å². The number of carbonyl (C=O) groups excluding carboxylic acids is 1. The van der Waals surface area contributed by atoms with Gasteiger partial charge < -0.3 is 15.3 Å². The van der Waals surface area contributed by atoms with Crippen LogP contribution in [0.4, 0.5) is 4.79 Å². The predicted octanol–water partition coefficient (Wildman–Crippen LogP) is 2.21. The maximum atomic E-state index is 12.2. The lowest BCUT2D eigenvalue weighted by atomic mass is 9.86. The van der Waals surface area contributed by atoms with Gasteiger partial charge in [0, 0.05) is 18.6 Å². The fourth-order valence-corrected chi connectivity index (χ4v) is 3.33. The first kappa shape index (κ1) is 14.2. The number of hydrogen-bond donors (Lipinski definition) is 2. The second kappa shape index (κ2) is 6.26. The van der Waals surface area contributed by atoms with Crippen molar-refractivity contribution in [2.45, 2.75) is 64.0 Å². The van der Waals surface area contributed by atoms with Crippen LogP contribution in [0.3, 0.4) is 0 Å². The molecule has 19 heavy (non-hydrogen) atoms. The summed E-state index contributed by atoms with van der Waals surface area (Å²) in [6, 6.07) is 0.389. The highest BCUT2D eigenvalue weighted by Crippen LogP contribution is 2.25. The van der Waals surface area contributed by atoms with Crippen molar-refractivity contribution in [3.8, 4) is 0 Å². The van der Waals surface area contributed by atoms with Crippen LogP contribution in [0, 0.1) is 5.92 Å². The van der Waals surface area contributed by atoms with E-state index in [1.807, 2.05) is 4.90 Å². The number of carboxylic acids is 1. The van der Waals surface area contributed by atoms with Gasteiger partial charge in [-0.05, 0) is 38.5 Å². The van der Waals surface area contributed by atoms with E-state index in [-0.39, 0.29) is 18.0 Å². The Bertz CT molecular complexity index is 346. The molecule has 1 aliphatic carbocycles. The van der Waals surface area contributed by atoms with Crippen molar-refractivity contribution in [2.75, 3.05) is 6.54 Å². The molecule has 1 saturated heterocycles. The standard InChI is InChI=1S/C14H24N2O3/c1-2-12-7-4-8-16(12)14(19)15-11-6-3-5-10(9-11)13(17)18/h10-12H,2-9H2,1H3,(H,15,19)(H,17,18). The smallest absolute Gasteiger partial charge is 0.317 e. The fourth-order valence-electron chi connectivity index (χ4n) is 3.33. The molecule has 0 radical (unpaired) electrons. The van der Waals surface area contributed by atoms with Gasteiger partial charge in [0.2, 0.25) is 0 Å². The van der Waals surface area contributed by atoms with Gasteiger partial charge in [-0.2, -0.15) is 0 Å². The van der Waals surface area contributed by atoms with Gasteiger partial charge in [0.1, 0.15) is 0 Å². The molecule has 0 aromatic rings. The molecule has 2 N–H and O–H groups in total. The Morgan fingerprint density at radius 2 is 2.05 bits per heavy atom. The lowest BCUT2D eigenvalue weighted by Gasteiger charge is -2.31. The number of amides is 2. The summed E-state index contributed by atoms with van der Waals surface area (Å²) < 4.78 is 0. The Kier molecular flexibility index (Phi) is 4.66. The van der Waals surface area contributed by atoms with Crippen LogP contribution >= 0.6 is 0 Å². The van der Waals surface area contributed by atoms with Gasteiger partial charge in [0.05, 0.1) is 5.92 Å². The first-order chi connectivity index (χ1) is 9.11. The average Bonchev–Trinajstić information content (AvgIpc) is 2.87. The molecule has 2 fully saturated rings. The van der Waals surface area contributed by atoms with Gasteiger partial charge in [-0.3, -0.25) is 4.79 Å². The topological polar surface area (TPSA) is 69.6 Å².